The van der Waals surface area contributed by atoms with Crippen molar-refractivity contribution in [2.45, 2.75) is 13.8 Å². The molecule has 7 heteroatoms. The van der Waals surface area contributed by atoms with Gasteiger partial charge in [0.1, 0.15) is 22.2 Å². The molecule has 0 fully saturated rings. The minimum Gasteiger partial charge on any atom is -0.462 e. The maximum absolute atomic E-state index is 13.2. The number of hydrogen-bond donors (Lipinski definition) is 0. The first-order valence-corrected chi connectivity index (χ1v) is 7.95. The molecule has 0 spiro atoms. The van der Waals surface area contributed by atoms with E-state index < -0.39 is 17.2 Å². The normalized spacial score (nSPS) is 10.9. The van der Waals surface area contributed by atoms with E-state index in [1.807, 2.05) is 0 Å². The van der Waals surface area contributed by atoms with Crippen molar-refractivity contribution in [1.82, 2.24) is 9.55 Å². The van der Waals surface area contributed by atoms with Gasteiger partial charge in [-0.1, -0.05) is 11.6 Å². The Hall–Kier alpha value is -2.73. The van der Waals surface area contributed by atoms with Gasteiger partial charge in [0.25, 0.3) is 0 Å². The van der Waals surface area contributed by atoms with Gasteiger partial charge in [0.2, 0.25) is 5.43 Å². The van der Waals surface area contributed by atoms with E-state index in [1.54, 1.807) is 19.9 Å². The van der Waals surface area contributed by atoms with Crippen molar-refractivity contribution < 1.29 is 13.9 Å². The summed E-state index contributed by atoms with van der Waals surface area (Å²) < 4.78 is 19.7. The zero-order chi connectivity index (χ0) is 18.1. The number of aryl methyl sites for hydroxylation is 1. The summed E-state index contributed by atoms with van der Waals surface area (Å²) in [6, 6.07) is 7.15. The highest BCUT2D eigenvalue weighted by atomic mass is 35.5. The van der Waals surface area contributed by atoms with Gasteiger partial charge in [0.05, 0.1) is 12.0 Å². The molecule has 5 nitrogen and oxygen atoms in total. The van der Waals surface area contributed by atoms with E-state index >= 15 is 0 Å². The molecule has 0 unspecified atom stereocenters. The minimum atomic E-state index is -0.723. The summed E-state index contributed by atoms with van der Waals surface area (Å²) in [5, 5.41) is 0.475. The van der Waals surface area contributed by atoms with Gasteiger partial charge in [0.15, 0.2) is 0 Å². The monoisotopic (exact) mass is 360 g/mol. The number of pyridine rings is 2. The van der Waals surface area contributed by atoms with E-state index in [1.165, 1.54) is 35.0 Å². The van der Waals surface area contributed by atoms with Crippen molar-refractivity contribution in [1.29, 1.82) is 0 Å². The van der Waals surface area contributed by atoms with Crippen molar-refractivity contribution in [3.05, 3.63) is 68.8 Å². The second kappa shape index (κ2) is 6.64. The molecule has 2 aromatic heterocycles. The molecule has 0 saturated heterocycles. The van der Waals surface area contributed by atoms with Crippen LogP contribution in [0.1, 0.15) is 22.8 Å². The summed E-state index contributed by atoms with van der Waals surface area (Å²) in [5.41, 5.74) is 0.808. The van der Waals surface area contributed by atoms with Crippen LogP contribution in [0.25, 0.3) is 16.7 Å². The van der Waals surface area contributed by atoms with E-state index in [0.717, 1.165) is 0 Å². The summed E-state index contributed by atoms with van der Waals surface area (Å²) >= 11 is 6.03. The quantitative estimate of drug-likeness (QED) is 0.528. The zero-order valence-corrected chi connectivity index (χ0v) is 14.3. The van der Waals surface area contributed by atoms with E-state index in [2.05, 4.69) is 4.98 Å². The molecule has 0 saturated carbocycles. The molecule has 0 radical (unpaired) electrons. The maximum Gasteiger partial charge on any atom is 0.343 e. The first-order chi connectivity index (χ1) is 11.9. The Morgan fingerprint density at radius 2 is 2.00 bits per heavy atom. The topological polar surface area (TPSA) is 61.2 Å². The van der Waals surface area contributed by atoms with Crippen LogP contribution < -0.4 is 5.43 Å². The van der Waals surface area contributed by atoms with Crippen LogP contribution in [0.15, 0.2) is 41.3 Å². The molecule has 128 valence electrons. The fourth-order valence-corrected chi connectivity index (χ4v) is 2.85. The minimum absolute atomic E-state index is 0.120. The van der Waals surface area contributed by atoms with Crippen LogP contribution in [0.5, 0.6) is 0 Å². The molecule has 0 N–H and O–H groups in total. The van der Waals surface area contributed by atoms with Crippen molar-refractivity contribution in [3.63, 3.8) is 0 Å². The Labute approximate surface area is 147 Å². The lowest BCUT2D eigenvalue weighted by molar-refractivity contribution is 0.0524. The lowest BCUT2D eigenvalue weighted by atomic mass is 10.1. The van der Waals surface area contributed by atoms with Gasteiger partial charge >= 0.3 is 5.97 Å². The summed E-state index contributed by atoms with van der Waals surface area (Å²) in [4.78, 5) is 29.2. The summed E-state index contributed by atoms with van der Waals surface area (Å²) in [6.07, 6.45) is 1.35. The number of benzene rings is 1. The maximum atomic E-state index is 13.2. The number of ether oxygens (including phenoxy) is 1. The van der Waals surface area contributed by atoms with Gasteiger partial charge in [0, 0.05) is 11.9 Å². The standard InChI is InChI=1S/C18H14ClFN2O3/c1-3-25-18(24)13-9-22(12-6-4-11(20)5-7-12)17-15(16(13)23)10(2)8-14(19)21-17/h4-9H,3H2,1-2H3. The first-order valence-electron chi connectivity index (χ1n) is 7.58. The van der Waals surface area contributed by atoms with E-state index in [-0.39, 0.29) is 28.4 Å². The molecule has 1 aromatic carbocycles. The Morgan fingerprint density at radius 3 is 2.64 bits per heavy atom. The zero-order valence-electron chi connectivity index (χ0n) is 13.5. The van der Waals surface area contributed by atoms with E-state index in [0.29, 0.717) is 11.3 Å². The number of carbonyl (C=O) groups is 1. The third-order valence-electron chi connectivity index (χ3n) is 3.72. The number of halogens is 2. The van der Waals surface area contributed by atoms with Crippen LogP contribution in [0.2, 0.25) is 5.15 Å². The van der Waals surface area contributed by atoms with Gasteiger partial charge < -0.3 is 9.30 Å². The van der Waals surface area contributed by atoms with Crippen LogP contribution in [-0.2, 0) is 4.74 Å². The Bertz CT molecular complexity index is 1030. The number of carbonyl (C=O) groups excluding carboxylic acids is 1. The molecule has 2 heterocycles. The lowest BCUT2D eigenvalue weighted by Crippen LogP contribution is -2.21. The molecule has 0 aliphatic heterocycles. The number of esters is 1. The number of rotatable bonds is 3. The van der Waals surface area contributed by atoms with Crippen molar-refractivity contribution in [2.75, 3.05) is 6.61 Å². The smallest absolute Gasteiger partial charge is 0.343 e. The van der Waals surface area contributed by atoms with Gasteiger partial charge in [-0.2, -0.15) is 0 Å². The second-order valence-electron chi connectivity index (χ2n) is 5.40. The highest BCUT2D eigenvalue weighted by Crippen LogP contribution is 2.22. The van der Waals surface area contributed by atoms with E-state index in [4.69, 9.17) is 16.3 Å². The average molecular weight is 361 g/mol. The molecule has 0 atom stereocenters. The largest absolute Gasteiger partial charge is 0.462 e. The molecule has 25 heavy (non-hydrogen) atoms. The number of hydrogen-bond acceptors (Lipinski definition) is 4. The third-order valence-corrected chi connectivity index (χ3v) is 3.92. The number of nitrogens with zero attached hydrogens (tertiary/aromatic N) is 2. The fraction of sp³-hybridized carbons (Fsp3) is 0.167. The Kier molecular flexibility index (Phi) is 4.55. The number of fused-ring (bicyclic) bond motifs is 1. The Morgan fingerprint density at radius 1 is 1.32 bits per heavy atom. The van der Waals surface area contributed by atoms with Crippen LogP contribution in [0, 0.1) is 12.7 Å². The fourth-order valence-electron chi connectivity index (χ4n) is 2.61. The molecule has 0 bridgehead atoms. The molecule has 3 rings (SSSR count). The van der Waals surface area contributed by atoms with Crippen molar-refractivity contribution in [3.8, 4) is 5.69 Å². The highest BCUT2D eigenvalue weighted by molar-refractivity contribution is 6.29. The molecular formula is C18H14ClFN2O3. The number of aromatic nitrogens is 2. The molecular weight excluding hydrogens is 347 g/mol. The van der Waals surface area contributed by atoms with Gasteiger partial charge in [-0.3, -0.25) is 4.79 Å². The van der Waals surface area contributed by atoms with Crippen molar-refractivity contribution >= 4 is 28.6 Å². The van der Waals surface area contributed by atoms with Gasteiger partial charge in [-0.25, -0.2) is 14.2 Å². The Balaban J connectivity index is 2.41. The predicted molar refractivity (Wildman–Crippen MR) is 93.0 cm³/mol. The summed E-state index contributed by atoms with van der Waals surface area (Å²) in [6.45, 7) is 3.51. The van der Waals surface area contributed by atoms with Crippen LogP contribution in [0.4, 0.5) is 4.39 Å². The van der Waals surface area contributed by atoms with Gasteiger partial charge in [-0.05, 0) is 49.7 Å². The molecule has 3 aromatic rings. The SMILES string of the molecule is CCOC(=O)c1cn(-c2ccc(F)cc2)c2nc(Cl)cc(C)c2c1=O. The first kappa shape index (κ1) is 17.1. The van der Waals surface area contributed by atoms with Gasteiger partial charge in [-0.15, -0.1) is 0 Å². The van der Waals surface area contributed by atoms with E-state index in [9.17, 15) is 14.0 Å². The molecule has 0 aliphatic carbocycles. The summed E-state index contributed by atoms with van der Waals surface area (Å²) in [7, 11) is 0. The average Bonchev–Trinajstić information content (AvgIpc) is 2.55. The third kappa shape index (κ3) is 3.13. The predicted octanol–water partition coefficient (Wildman–Crippen LogP) is 3.66. The molecule has 0 aliphatic rings. The van der Waals surface area contributed by atoms with Crippen LogP contribution in [-0.4, -0.2) is 22.1 Å². The van der Waals surface area contributed by atoms with Crippen LogP contribution in [0.3, 0.4) is 0 Å². The van der Waals surface area contributed by atoms with Crippen LogP contribution >= 0.6 is 11.6 Å². The second-order valence-corrected chi connectivity index (χ2v) is 5.79. The highest BCUT2D eigenvalue weighted by Gasteiger charge is 2.19. The summed E-state index contributed by atoms with van der Waals surface area (Å²) in [5.74, 6) is -1.12. The molecule has 0 amide bonds. The van der Waals surface area contributed by atoms with Crippen molar-refractivity contribution in [2.24, 2.45) is 0 Å². The lowest BCUT2D eigenvalue weighted by Gasteiger charge is -2.14.